The number of Topliss-reactive ketones (excluding diaryl/α,β-unsaturated/α-hetero) is 1. The molecule has 0 aliphatic carbocycles. The van der Waals surface area contributed by atoms with E-state index in [1.54, 1.807) is 12.1 Å². The van der Waals surface area contributed by atoms with Crippen LogP contribution in [0.3, 0.4) is 0 Å². The van der Waals surface area contributed by atoms with Gasteiger partial charge in [0.1, 0.15) is 5.82 Å². The Bertz CT molecular complexity index is 753. The molecule has 2 aromatic rings. The van der Waals surface area contributed by atoms with E-state index in [4.69, 9.17) is 0 Å². The molecule has 1 amide bonds. The maximum absolute atomic E-state index is 12.1. The van der Waals surface area contributed by atoms with Crippen molar-refractivity contribution in [1.29, 1.82) is 0 Å². The molecule has 1 aromatic heterocycles. The minimum Gasteiger partial charge on any atom is -0.357 e. The summed E-state index contributed by atoms with van der Waals surface area (Å²) in [5.41, 5.74) is 2.15. The maximum Gasteiger partial charge on any atom is 0.224 e. The van der Waals surface area contributed by atoms with Crippen molar-refractivity contribution in [2.24, 2.45) is 0 Å². The summed E-state index contributed by atoms with van der Waals surface area (Å²) in [6.45, 7) is 3.98. The Hall–Kier alpha value is -2.69. The molecule has 1 saturated heterocycles. The lowest BCUT2D eigenvalue weighted by atomic mass is 10.1. The van der Waals surface area contributed by atoms with Crippen LogP contribution < -0.4 is 10.2 Å². The van der Waals surface area contributed by atoms with Crippen molar-refractivity contribution in [3.8, 4) is 0 Å². The molecule has 1 aromatic carbocycles. The van der Waals surface area contributed by atoms with Gasteiger partial charge in [-0.05, 0) is 31.9 Å². The molecule has 0 saturated carbocycles. The smallest absolute Gasteiger partial charge is 0.224 e. The first-order valence-corrected chi connectivity index (χ1v) is 8.74. The van der Waals surface area contributed by atoms with Crippen LogP contribution in [0.5, 0.6) is 0 Å². The Morgan fingerprint density at radius 2 is 1.76 bits per heavy atom. The lowest BCUT2D eigenvalue weighted by Gasteiger charge is -2.18. The van der Waals surface area contributed by atoms with Gasteiger partial charge < -0.3 is 10.2 Å². The molecular formula is C20H23N3O2. The third kappa shape index (κ3) is 4.44. The molecule has 0 atom stereocenters. The zero-order valence-corrected chi connectivity index (χ0v) is 14.5. The molecule has 5 nitrogen and oxygen atoms in total. The Balaban J connectivity index is 1.55. The summed E-state index contributed by atoms with van der Waals surface area (Å²) in [7, 11) is 0. The summed E-state index contributed by atoms with van der Waals surface area (Å²) in [4.78, 5) is 31.1. The first-order chi connectivity index (χ1) is 12.1. The SMILES string of the molecule is Cc1nc(N2CCCC2)ccc1NC(=O)CCC(=O)c1ccccc1. The molecule has 3 rings (SSSR count). The van der Waals surface area contributed by atoms with Crippen molar-refractivity contribution < 1.29 is 9.59 Å². The van der Waals surface area contributed by atoms with E-state index >= 15 is 0 Å². The fraction of sp³-hybridized carbons (Fsp3) is 0.350. The predicted molar refractivity (Wildman–Crippen MR) is 99.1 cm³/mol. The van der Waals surface area contributed by atoms with Crippen molar-refractivity contribution in [2.45, 2.75) is 32.6 Å². The van der Waals surface area contributed by atoms with Crippen LogP contribution in [-0.2, 0) is 4.79 Å². The van der Waals surface area contributed by atoms with Crippen molar-refractivity contribution in [1.82, 2.24) is 4.98 Å². The van der Waals surface area contributed by atoms with Crippen LogP contribution in [0.1, 0.15) is 41.7 Å². The standard InChI is InChI=1S/C20H23N3O2/c1-15-17(9-11-19(21-15)23-13-5-6-14-23)22-20(25)12-10-18(24)16-7-3-2-4-8-16/h2-4,7-9,11H,5-6,10,12-14H2,1H3,(H,22,25). The van der Waals surface area contributed by atoms with Gasteiger partial charge in [0.05, 0.1) is 11.4 Å². The van der Waals surface area contributed by atoms with E-state index in [1.807, 2.05) is 37.3 Å². The number of aryl methyl sites for hydroxylation is 1. The van der Waals surface area contributed by atoms with Gasteiger partial charge in [-0.15, -0.1) is 0 Å². The molecule has 1 aliphatic rings. The third-order valence-corrected chi connectivity index (χ3v) is 4.45. The second-order valence-electron chi connectivity index (χ2n) is 6.33. The van der Waals surface area contributed by atoms with Gasteiger partial charge in [-0.1, -0.05) is 30.3 Å². The van der Waals surface area contributed by atoms with E-state index < -0.39 is 0 Å². The number of amides is 1. The number of pyridine rings is 1. The summed E-state index contributed by atoms with van der Waals surface area (Å²) in [5.74, 6) is 0.783. The molecule has 1 N–H and O–H groups in total. The molecule has 25 heavy (non-hydrogen) atoms. The molecule has 0 spiro atoms. The van der Waals surface area contributed by atoms with Gasteiger partial charge in [0.2, 0.25) is 5.91 Å². The Kier molecular flexibility index (Phi) is 5.43. The molecule has 0 bridgehead atoms. The van der Waals surface area contributed by atoms with Crippen LogP contribution >= 0.6 is 0 Å². The number of carbonyl (C=O) groups excluding carboxylic acids is 2. The Morgan fingerprint density at radius 1 is 1.04 bits per heavy atom. The van der Waals surface area contributed by atoms with Crippen molar-refractivity contribution in [3.63, 3.8) is 0 Å². The van der Waals surface area contributed by atoms with Crippen LogP contribution in [0, 0.1) is 6.92 Å². The molecule has 5 heteroatoms. The predicted octanol–water partition coefficient (Wildman–Crippen LogP) is 3.59. The van der Waals surface area contributed by atoms with Gasteiger partial charge in [-0.3, -0.25) is 9.59 Å². The van der Waals surface area contributed by atoms with Crippen LogP contribution in [0.15, 0.2) is 42.5 Å². The number of anilines is 2. The fourth-order valence-electron chi connectivity index (χ4n) is 3.01. The fourth-order valence-corrected chi connectivity index (χ4v) is 3.01. The monoisotopic (exact) mass is 337 g/mol. The normalized spacial score (nSPS) is 13.7. The van der Waals surface area contributed by atoms with Gasteiger partial charge in [-0.25, -0.2) is 4.98 Å². The number of carbonyl (C=O) groups is 2. The first kappa shape index (κ1) is 17.1. The van der Waals surface area contributed by atoms with Crippen LogP contribution in [0.25, 0.3) is 0 Å². The highest BCUT2D eigenvalue weighted by Gasteiger charge is 2.15. The number of hydrogen-bond donors (Lipinski definition) is 1. The average Bonchev–Trinajstić information content (AvgIpc) is 3.17. The number of hydrogen-bond acceptors (Lipinski definition) is 4. The maximum atomic E-state index is 12.1. The van der Waals surface area contributed by atoms with E-state index in [-0.39, 0.29) is 24.5 Å². The van der Waals surface area contributed by atoms with Crippen LogP contribution in [-0.4, -0.2) is 29.8 Å². The quantitative estimate of drug-likeness (QED) is 0.818. The third-order valence-electron chi connectivity index (χ3n) is 4.45. The van der Waals surface area contributed by atoms with Gasteiger partial charge in [0.25, 0.3) is 0 Å². The van der Waals surface area contributed by atoms with Gasteiger partial charge in [-0.2, -0.15) is 0 Å². The first-order valence-electron chi connectivity index (χ1n) is 8.74. The summed E-state index contributed by atoms with van der Waals surface area (Å²) in [6.07, 6.45) is 2.78. The number of ketones is 1. The van der Waals surface area contributed by atoms with Gasteiger partial charge in [0.15, 0.2) is 5.78 Å². The van der Waals surface area contributed by atoms with Crippen molar-refractivity contribution >= 4 is 23.2 Å². The van der Waals surface area contributed by atoms with Gasteiger partial charge in [0, 0.05) is 31.5 Å². The van der Waals surface area contributed by atoms with Crippen LogP contribution in [0.2, 0.25) is 0 Å². The number of nitrogens with one attached hydrogen (secondary N) is 1. The van der Waals surface area contributed by atoms with Crippen LogP contribution in [0.4, 0.5) is 11.5 Å². The number of nitrogens with zero attached hydrogens (tertiary/aromatic N) is 2. The summed E-state index contributed by atoms with van der Waals surface area (Å²) in [5, 5.41) is 2.86. The molecule has 1 fully saturated rings. The highest BCUT2D eigenvalue weighted by molar-refractivity contribution is 6.00. The molecule has 0 unspecified atom stereocenters. The van der Waals surface area contributed by atoms with E-state index in [9.17, 15) is 9.59 Å². The number of benzene rings is 1. The molecule has 0 radical (unpaired) electrons. The van der Waals surface area contributed by atoms with Crippen molar-refractivity contribution in [3.05, 3.63) is 53.7 Å². The highest BCUT2D eigenvalue weighted by Crippen LogP contribution is 2.22. The van der Waals surface area contributed by atoms with E-state index in [2.05, 4.69) is 15.2 Å². The van der Waals surface area contributed by atoms with E-state index in [0.717, 1.165) is 24.6 Å². The molecular weight excluding hydrogens is 314 g/mol. The second-order valence-corrected chi connectivity index (χ2v) is 6.33. The summed E-state index contributed by atoms with van der Waals surface area (Å²) in [6, 6.07) is 12.9. The zero-order valence-electron chi connectivity index (χ0n) is 14.5. The molecule has 1 aliphatic heterocycles. The summed E-state index contributed by atoms with van der Waals surface area (Å²) < 4.78 is 0. The highest BCUT2D eigenvalue weighted by atomic mass is 16.2. The minimum atomic E-state index is -0.164. The zero-order chi connectivity index (χ0) is 17.6. The average molecular weight is 337 g/mol. The molecule has 130 valence electrons. The lowest BCUT2D eigenvalue weighted by Crippen LogP contribution is -2.20. The minimum absolute atomic E-state index is 0.0185. The Labute approximate surface area is 148 Å². The van der Waals surface area contributed by atoms with E-state index in [0.29, 0.717) is 11.3 Å². The number of aromatic nitrogens is 1. The summed E-state index contributed by atoms with van der Waals surface area (Å²) >= 11 is 0. The van der Waals surface area contributed by atoms with Crippen molar-refractivity contribution in [2.75, 3.05) is 23.3 Å². The van der Waals surface area contributed by atoms with Gasteiger partial charge >= 0.3 is 0 Å². The Morgan fingerprint density at radius 3 is 2.44 bits per heavy atom. The number of rotatable bonds is 6. The molecule has 2 heterocycles. The van der Waals surface area contributed by atoms with E-state index in [1.165, 1.54) is 12.8 Å². The lowest BCUT2D eigenvalue weighted by molar-refractivity contribution is -0.116. The largest absolute Gasteiger partial charge is 0.357 e. The topological polar surface area (TPSA) is 62.3 Å². The second kappa shape index (κ2) is 7.92.